The number of hydrogen-bond donors (Lipinski definition) is 3. The number of aromatic nitrogens is 2. The third-order valence-electron chi connectivity index (χ3n) is 5.34. The Morgan fingerprint density at radius 3 is 2.39 bits per heavy atom. The van der Waals surface area contributed by atoms with Crippen molar-refractivity contribution in [1.29, 1.82) is 0 Å². The third kappa shape index (κ3) is 4.24. The number of rotatable bonds is 6. The number of carboxylic acids is 1. The van der Waals surface area contributed by atoms with E-state index in [-0.39, 0.29) is 5.56 Å². The summed E-state index contributed by atoms with van der Waals surface area (Å²) >= 11 is 0. The first-order chi connectivity index (χ1) is 16.1. The zero-order chi connectivity index (χ0) is 22.8. The summed E-state index contributed by atoms with van der Waals surface area (Å²) in [7, 11) is 0. The molecule has 0 spiro atoms. The molecule has 33 heavy (non-hydrogen) atoms. The first-order valence-corrected chi connectivity index (χ1v) is 10.3. The number of nitrogens with zero attached hydrogens (tertiary/aromatic N) is 2. The Morgan fingerprint density at radius 2 is 1.70 bits per heavy atom. The Labute approximate surface area is 189 Å². The lowest BCUT2D eigenvalue weighted by Gasteiger charge is -2.12. The number of furan rings is 1. The molecule has 4 N–H and O–H groups in total. The van der Waals surface area contributed by atoms with Crippen LogP contribution in [0.15, 0.2) is 89.5 Å². The number of carbonyl (C=O) groups is 1. The van der Waals surface area contributed by atoms with E-state index < -0.39 is 5.97 Å². The molecule has 2 heterocycles. The quantitative estimate of drug-likeness (QED) is 0.303. The molecule has 0 amide bonds. The molecular weight excluding hydrogens is 416 g/mol. The van der Waals surface area contributed by atoms with Gasteiger partial charge in [0.2, 0.25) is 0 Å². The van der Waals surface area contributed by atoms with Crippen LogP contribution in [0.4, 0.5) is 11.5 Å². The van der Waals surface area contributed by atoms with Gasteiger partial charge in [-0.3, -0.25) is 0 Å². The number of fused-ring (bicyclic) bond motifs is 1. The maximum Gasteiger partial charge on any atom is 0.335 e. The maximum absolute atomic E-state index is 11.1. The Kier molecular flexibility index (Phi) is 5.20. The van der Waals surface area contributed by atoms with Gasteiger partial charge in [0.05, 0.1) is 17.3 Å². The van der Waals surface area contributed by atoms with E-state index in [1.807, 2.05) is 48.5 Å². The maximum atomic E-state index is 11.1. The zero-order valence-electron chi connectivity index (χ0n) is 17.5. The van der Waals surface area contributed by atoms with Crippen molar-refractivity contribution in [3.05, 3.63) is 96.3 Å². The highest BCUT2D eigenvalue weighted by Gasteiger charge is 2.13. The number of hydrogen-bond acceptors (Lipinski definition) is 6. The molecule has 0 saturated heterocycles. The van der Waals surface area contributed by atoms with Crippen LogP contribution in [0.25, 0.3) is 33.6 Å². The summed E-state index contributed by atoms with van der Waals surface area (Å²) in [5.74, 6) is 0.767. The van der Waals surface area contributed by atoms with Gasteiger partial charge in [-0.25, -0.2) is 14.8 Å². The van der Waals surface area contributed by atoms with Crippen molar-refractivity contribution in [3.63, 3.8) is 0 Å². The second-order valence-corrected chi connectivity index (χ2v) is 7.58. The van der Waals surface area contributed by atoms with Crippen LogP contribution in [0.3, 0.4) is 0 Å². The molecule has 7 heteroatoms. The van der Waals surface area contributed by atoms with E-state index in [0.29, 0.717) is 29.6 Å². The van der Waals surface area contributed by atoms with E-state index in [1.54, 1.807) is 36.6 Å². The van der Waals surface area contributed by atoms with Gasteiger partial charge in [0.1, 0.15) is 5.82 Å². The number of nitrogens with one attached hydrogen (secondary N) is 1. The molecule has 5 rings (SSSR count). The Morgan fingerprint density at radius 1 is 0.939 bits per heavy atom. The molecule has 0 saturated carbocycles. The average molecular weight is 436 g/mol. The fraction of sp³-hybridized carbons (Fsp3) is 0.0385. The summed E-state index contributed by atoms with van der Waals surface area (Å²) in [5.41, 5.74) is 10.6. The summed E-state index contributed by atoms with van der Waals surface area (Å²) in [6, 6.07) is 24.1. The molecule has 2 aromatic heterocycles. The number of anilines is 2. The standard InChI is InChI=1S/C26H20N4O3/c27-20-10-7-17(8-11-20)19-9-12-21-22(14-19)29-25(23-2-1-13-33-23)30-24(21)28-15-16-3-5-18(6-4-16)26(31)32/h1-14H,15,27H2,(H,31,32)(H,28,29,30). The second-order valence-electron chi connectivity index (χ2n) is 7.58. The monoisotopic (exact) mass is 436 g/mol. The molecule has 0 radical (unpaired) electrons. The van der Waals surface area contributed by atoms with Gasteiger partial charge in [-0.15, -0.1) is 0 Å². The van der Waals surface area contributed by atoms with Crippen molar-refractivity contribution in [2.75, 3.05) is 11.1 Å². The number of aromatic carboxylic acids is 1. The summed E-state index contributed by atoms with van der Waals surface area (Å²) in [5, 5.41) is 13.3. The van der Waals surface area contributed by atoms with Gasteiger partial charge in [-0.1, -0.05) is 30.3 Å². The van der Waals surface area contributed by atoms with Crippen LogP contribution < -0.4 is 11.1 Å². The van der Waals surface area contributed by atoms with Crippen LogP contribution >= 0.6 is 0 Å². The molecule has 0 fully saturated rings. The molecule has 0 aliphatic carbocycles. The van der Waals surface area contributed by atoms with E-state index in [2.05, 4.69) is 5.32 Å². The summed E-state index contributed by atoms with van der Waals surface area (Å²) in [6.45, 7) is 0.476. The van der Waals surface area contributed by atoms with Gasteiger partial charge in [0.25, 0.3) is 0 Å². The summed E-state index contributed by atoms with van der Waals surface area (Å²) in [6.07, 6.45) is 1.59. The SMILES string of the molecule is Nc1ccc(-c2ccc3c(NCc4ccc(C(=O)O)cc4)nc(-c4ccco4)nc3c2)cc1. The molecule has 162 valence electrons. The minimum atomic E-state index is -0.948. The second kappa shape index (κ2) is 8.47. The van der Waals surface area contributed by atoms with Crippen LogP contribution in [0.5, 0.6) is 0 Å². The van der Waals surface area contributed by atoms with Crippen LogP contribution in [0.2, 0.25) is 0 Å². The molecule has 5 aromatic rings. The number of nitrogen functional groups attached to an aromatic ring is 1. The first-order valence-electron chi connectivity index (χ1n) is 10.3. The van der Waals surface area contributed by atoms with Crippen molar-refractivity contribution in [1.82, 2.24) is 9.97 Å². The fourth-order valence-corrected chi connectivity index (χ4v) is 3.59. The van der Waals surface area contributed by atoms with Gasteiger partial charge < -0.3 is 20.6 Å². The number of benzene rings is 3. The van der Waals surface area contributed by atoms with Crippen molar-refractivity contribution >= 4 is 28.4 Å². The number of carboxylic acid groups (broad SMARTS) is 1. The molecular formula is C26H20N4O3. The van der Waals surface area contributed by atoms with Gasteiger partial charge in [-0.2, -0.15) is 0 Å². The topological polar surface area (TPSA) is 114 Å². The average Bonchev–Trinajstić information content (AvgIpc) is 3.38. The lowest BCUT2D eigenvalue weighted by atomic mass is 10.0. The van der Waals surface area contributed by atoms with E-state index in [9.17, 15) is 4.79 Å². The van der Waals surface area contributed by atoms with Crippen LogP contribution in [-0.4, -0.2) is 21.0 Å². The van der Waals surface area contributed by atoms with Gasteiger partial charge in [-0.05, 0) is 65.2 Å². The highest BCUT2D eigenvalue weighted by Crippen LogP contribution is 2.30. The zero-order valence-corrected chi connectivity index (χ0v) is 17.5. The van der Waals surface area contributed by atoms with E-state index >= 15 is 0 Å². The molecule has 0 bridgehead atoms. The third-order valence-corrected chi connectivity index (χ3v) is 5.34. The molecule has 0 aliphatic rings. The predicted molar refractivity (Wildman–Crippen MR) is 128 cm³/mol. The van der Waals surface area contributed by atoms with Crippen LogP contribution in [0.1, 0.15) is 15.9 Å². The van der Waals surface area contributed by atoms with Crippen molar-refractivity contribution in [3.8, 4) is 22.7 Å². The largest absolute Gasteiger partial charge is 0.478 e. The van der Waals surface area contributed by atoms with E-state index in [0.717, 1.165) is 27.6 Å². The van der Waals surface area contributed by atoms with Crippen LogP contribution in [-0.2, 0) is 6.54 Å². The highest BCUT2D eigenvalue weighted by molar-refractivity contribution is 5.93. The lowest BCUT2D eigenvalue weighted by molar-refractivity contribution is 0.0697. The van der Waals surface area contributed by atoms with Gasteiger partial charge >= 0.3 is 5.97 Å². The first kappa shape index (κ1) is 20.3. The summed E-state index contributed by atoms with van der Waals surface area (Å²) < 4.78 is 5.53. The summed E-state index contributed by atoms with van der Waals surface area (Å²) in [4.78, 5) is 20.5. The minimum absolute atomic E-state index is 0.251. The predicted octanol–water partition coefficient (Wildman–Crippen LogP) is 5.45. The van der Waals surface area contributed by atoms with Gasteiger partial charge in [0.15, 0.2) is 11.6 Å². The smallest absolute Gasteiger partial charge is 0.335 e. The molecule has 7 nitrogen and oxygen atoms in total. The Bertz CT molecular complexity index is 1430. The minimum Gasteiger partial charge on any atom is -0.478 e. The van der Waals surface area contributed by atoms with Crippen molar-refractivity contribution in [2.24, 2.45) is 0 Å². The van der Waals surface area contributed by atoms with Crippen LogP contribution in [0, 0.1) is 0 Å². The molecule has 3 aromatic carbocycles. The van der Waals surface area contributed by atoms with E-state index in [1.165, 1.54) is 0 Å². The molecule has 0 aliphatic heterocycles. The van der Waals surface area contributed by atoms with Crippen molar-refractivity contribution < 1.29 is 14.3 Å². The molecule has 0 atom stereocenters. The normalized spacial score (nSPS) is 10.9. The highest BCUT2D eigenvalue weighted by atomic mass is 16.4. The van der Waals surface area contributed by atoms with Crippen molar-refractivity contribution in [2.45, 2.75) is 6.54 Å². The Hall–Kier alpha value is -4.65. The lowest BCUT2D eigenvalue weighted by Crippen LogP contribution is -2.05. The van der Waals surface area contributed by atoms with E-state index in [4.69, 9.17) is 25.2 Å². The molecule has 0 unspecified atom stereocenters. The Balaban J connectivity index is 1.53. The van der Waals surface area contributed by atoms with Gasteiger partial charge in [0, 0.05) is 17.6 Å². The fourth-order valence-electron chi connectivity index (χ4n) is 3.59. The number of nitrogens with two attached hydrogens (primary N) is 1.